The van der Waals surface area contributed by atoms with Crippen LogP contribution in [0, 0.1) is 0 Å². The summed E-state index contributed by atoms with van der Waals surface area (Å²) < 4.78 is 93.5. The van der Waals surface area contributed by atoms with E-state index in [2.05, 4.69) is 39.1 Å². The van der Waals surface area contributed by atoms with Crippen LogP contribution in [0.15, 0.2) is 48.5 Å². The van der Waals surface area contributed by atoms with Crippen LogP contribution in [0.5, 0.6) is 0 Å². The van der Waals surface area contributed by atoms with Crippen molar-refractivity contribution in [1.29, 1.82) is 0 Å². The first-order valence-corrected chi connectivity index (χ1v) is 15.4. The molecule has 2 aromatic carbocycles. The number of morpholine rings is 1. The van der Waals surface area contributed by atoms with Gasteiger partial charge in [0.05, 0.1) is 35.6 Å². The SMILES string of the molecule is CCCCN(CCCC)Cc1[nH]nnc1CN1CCO[C@H](O[C@H](C)c2cc(C(F)(F)F)cc(C(F)(F)F)c2)[C@@H]1c1ccccc1. The Balaban J connectivity index is 1.60. The molecule has 1 aliphatic rings. The van der Waals surface area contributed by atoms with Crippen LogP contribution in [0.3, 0.4) is 0 Å². The van der Waals surface area contributed by atoms with Crippen molar-refractivity contribution in [3.63, 3.8) is 0 Å². The molecular formula is C32H41F6N5O2. The summed E-state index contributed by atoms with van der Waals surface area (Å²) in [4.78, 5) is 4.49. The summed E-state index contributed by atoms with van der Waals surface area (Å²) in [6.07, 6.45) is -7.72. The third-order valence-corrected chi connectivity index (χ3v) is 7.96. The highest BCUT2D eigenvalue weighted by Crippen LogP contribution is 2.40. The molecule has 1 aliphatic heterocycles. The monoisotopic (exact) mass is 641 g/mol. The quantitative estimate of drug-likeness (QED) is 0.181. The molecule has 1 fully saturated rings. The molecular weight excluding hydrogens is 600 g/mol. The molecule has 0 bridgehead atoms. The molecule has 7 nitrogen and oxygen atoms in total. The number of hydrogen-bond donors (Lipinski definition) is 1. The van der Waals surface area contributed by atoms with Gasteiger partial charge in [0, 0.05) is 19.6 Å². The van der Waals surface area contributed by atoms with Crippen LogP contribution in [-0.2, 0) is 34.9 Å². The Morgan fingerprint density at radius 2 is 1.60 bits per heavy atom. The first kappa shape index (κ1) is 34.9. The largest absolute Gasteiger partial charge is 0.416 e. The van der Waals surface area contributed by atoms with Crippen LogP contribution in [-0.4, -0.2) is 57.7 Å². The molecule has 0 unspecified atom stereocenters. The number of alkyl halides is 6. The summed E-state index contributed by atoms with van der Waals surface area (Å²) in [5.41, 5.74) is -0.543. The molecule has 13 heteroatoms. The van der Waals surface area contributed by atoms with E-state index in [-0.39, 0.29) is 18.2 Å². The maximum absolute atomic E-state index is 13.6. The van der Waals surface area contributed by atoms with Gasteiger partial charge in [0.1, 0.15) is 5.69 Å². The number of unbranched alkanes of at least 4 members (excludes halogenated alkanes) is 2. The van der Waals surface area contributed by atoms with Gasteiger partial charge in [0.15, 0.2) is 6.29 Å². The Bertz CT molecular complexity index is 1290. The maximum Gasteiger partial charge on any atom is 0.416 e. The van der Waals surface area contributed by atoms with Gasteiger partial charge in [0.2, 0.25) is 0 Å². The second kappa shape index (κ2) is 15.5. The molecule has 0 saturated carbocycles. The second-order valence-corrected chi connectivity index (χ2v) is 11.4. The highest BCUT2D eigenvalue weighted by Gasteiger charge is 2.39. The Labute approximate surface area is 259 Å². The van der Waals surface area contributed by atoms with Crippen LogP contribution in [0.25, 0.3) is 0 Å². The Hall–Kier alpha value is -3.00. The molecule has 3 atom stereocenters. The fourth-order valence-electron chi connectivity index (χ4n) is 5.46. The van der Waals surface area contributed by atoms with Gasteiger partial charge in [-0.1, -0.05) is 62.2 Å². The van der Waals surface area contributed by atoms with E-state index in [1.165, 1.54) is 6.92 Å². The van der Waals surface area contributed by atoms with Gasteiger partial charge in [-0.3, -0.25) is 14.9 Å². The molecule has 0 aliphatic carbocycles. The predicted molar refractivity (Wildman–Crippen MR) is 157 cm³/mol. The van der Waals surface area contributed by atoms with E-state index in [1.807, 2.05) is 30.3 Å². The Morgan fingerprint density at radius 1 is 0.978 bits per heavy atom. The van der Waals surface area contributed by atoms with Crippen LogP contribution in [0.2, 0.25) is 0 Å². The summed E-state index contributed by atoms with van der Waals surface area (Å²) in [5, 5.41) is 11.5. The third-order valence-electron chi connectivity index (χ3n) is 7.96. The van der Waals surface area contributed by atoms with Crippen LogP contribution in [0.1, 0.15) is 92.2 Å². The minimum absolute atomic E-state index is 0.114. The van der Waals surface area contributed by atoms with Gasteiger partial charge in [0.25, 0.3) is 0 Å². The van der Waals surface area contributed by atoms with Gasteiger partial charge in [-0.25, -0.2) is 0 Å². The summed E-state index contributed by atoms with van der Waals surface area (Å²) in [5.74, 6) is 0. The van der Waals surface area contributed by atoms with E-state index in [0.717, 1.165) is 55.7 Å². The smallest absolute Gasteiger partial charge is 0.349 e. The Morgan fingerprint density at radius 3 is 2.18 bits per heavy atom. The number of rotatable bonds is 14. The summed E-state index contributed by atoms with van der Waals surface area (Å²) in [6.45, 7) is 9.45. The van der Waals surface area contributed by atoms with E-state index >= 15 is 0 Å². The molecule has 1 N–H and O–H groups in total. The summed E-state index contributed by atoms with van der Waals surface area (Å²) >= 11 is 0. The third kappa shape index (κ3) is 9.50. The highest BCUT2D eigenvalue weighted by atomic mass is 19.4. The zero-order valence-corrected chi connectivity index (χ0v) is 25.8. The number of H-pyrrole nitrogens is 1. The van der Waals surface area contributed by atoms with Crippen LogP contribution >= 0.6 is 0 Å². The lowest BCUT2D eigenvalue weighted by molar-refractivity contribution is -0.231. The van der Waals surface area contributed by atoms with Crippen LogP contribution < -0.4 is 0 Å². The molecule has 2 heterocycles. The number of nitrogens with one attached hydrogen (secondary N) is 1. The zero-order valence-electron chi connectivity index (χ0n) is 25.8. The van der Waals surface area contributed by atoms with Crippen molar-refractivity contribution in [1.82, 2.24) is 25.2 Å². The van der Waals surface area contributed by atoms with Crippen molar-refractivity contribution in [2.45, 2.75) is 90.3 Å². The fraction of sp³-hybridized carbons (Fsp3) is 0.562. The van der Waals surface area contributed by atoms with Crippen LogP contribution in [0.4, 0.5) is 26.3 Å². The van der Waals surface area contributed by atoms with Crippen molar-refractivity contribution in [3.8, 4) is 0 Å². The minimum Gasteiger partial charge on any atom is -0.349 e. The number of aromatic nitrogens is 3. The lowest BCUT2D eigenvalue weighted by atomic mass is 10.0. The predicted octanol–water partition coefficient (Wildman–Crippen LogP) is 7.92. The number of nitrogens with zero attached hydrogens (tertiary/aromatic N) is 4. The normalized spacial score (nSPS) is 18.9. The molecule has 4 rings (SSSR count). The number of benzene rings is 2. The lowest BCUT2D eigenvalue weighted by Gasteiger charge is -2.42. The molecule has 3 aromatic rings. The van der Waals surface area contributed by atoms with Crippen molar-refractivity contribution >= 4 is 0 Å². The van der Waals surface area contributed by atoms with Crippen molar-refractivity contribution in [2.75, 3.05) is 26.2 Å². The highest BCUT2D eigenvalue weighted by molar-refractivity contribution is 5.35. The van der Waals surface area contributed by atoms with Gasteiger partial charge < -0.3 is 9.47 Å². The van der Waals surface area contributed by atoms with E-state index in [0.29, 0.717) is 31.8 Å². The van der Waals surface area contributed by atoms with E-state index in [9.17, 15) is 26.3 Å². The molecule has 45 heavy (non-hydrogen) atoms. The first-order valence-electron chi connectivity index (χ1n) is 15.4. The van der Waals surface area contributed by atoms with E-state index in [1.54, 1.807) is 0 Å². The maximum atomic E-state index is 13.6. The number of aromatic amines is 1. The van der Waals surface area contributed by atoms with Crippen molar-refractivity contribution in [3.05, 3.63) is 82.2 Å². The molecule has 0 spiro atoms. The molecule has 0 amide bonds. The van der Waals surface area contributed by atoms with E-state index < -0.39 is 41.9 Å². The van der Waals surface area contributed by atoms with Gasteiger partial charge in [-0.2, -0.15) is 26.3 Å². The molecule has 248 valence electrons. The molecule has 0 radical (unpaired) electrons. The lowest BCUT2D eigenvalue weighted by Crippen LogP contribution is -2.46. The number of hydrogen-bond acceptors (Lipinski definition) is 6. The zero-order chi connectivity index (χ0) is 32.6. The second-order valence-electron chi connectivity index (χ2n) is 11.4. The minimum atomic E-state index is -4.96. The average molecular weight is 642 g/mol. The summed E-state index contributed by atoms with van der Waals surface area (Å²) in [7, 11) is 0. The van der Waals surface area contributed by atoms with E-state index in [4.69, 9.17) is 9.47 Å². The molecule has 1 saturated heterocycles. The molecule has 1 aromatic heterocycles. The number of ether oxygens (including phenoxy) is 2. The first-order chi connectivity index (χ1) is 21.4. The Kier molecular flexibility index (Phi) is 12.0. The topological polar surface area (TPSA) is 66.5 Å². The summed E-state index contributed by atoms with van der Waals surface area (Å²) in [6, 6.07) is 10.3. The van der Waals surface area contributed by atoms with Crippen molar-refractivity contribution in [2.24, 2.45) is 0 Å². The van der Waals surface area contributed by atoms with Crippen molar-refractivity contribution < 1.29 is 35.8 Å². The van der Waals surface area contributed by atoms with Gasteiger partial charge in [-0.05, 0) is 62.2 Å². The standard InChI is InChI=1S/C32H41F6N5O2/c1-4-6-13-42(14-7-5-2)20-27-28(40-41-39-27)21-43-15-16-44-30(29(43)23-11-9-8-10-12-23)45-22(3)24-17-25(31(33,34)35)19-26(18-24)32(36,37)38/h8-12,17-19,22,29-30H,4-7,13-16,20-21H2,1-3H3,(H,39,40,41)/t22-,29+,30-/m1/s1. The fourth-order valence-corrected chi connectivity index (χ4v) is 5.46. The number of halogens is 6. The van der Waals surface area contributed by atoms with Gasteiger partial charge >= 0.3 is 12.4 Å². The average Bonchev–Trinajstić information content (AvgIpc) is 3.44. The van der Waals surface area contributed by atoms with Gasteiger partial charge in [-0.15, -0.1) is 5.10 Å².